The fraction of sp³-hybridized carbons (Fsp3) is 0.278. The van der Waals surface area contributed by atoms with Gasteiger partial charge in [0.25, 0.3) is 5.91 Å². The highest BCUT2D eigenvalue weighted by atomic mass is 16.5. The Morgan fingerprint density at radius 2 is 1.83 bits per heavy atom. The summed E-state index contributed by atoms with van der Waals surface area (Å²) in [5.74, 6) is 1.81. The third kappa shape index (κ3) is 4.16. The van der Waals surface area contributed by atoms with E-state index in [0.29, 0.717) is 36.1 Å². The van der Waals surface area contributed by atoms with Crippen LogP contribution in [0.4, 0.5) is 5.69 Å². The molecule has 120 valence electrons. The molecule has 5 heteroatoms. The quantitative estimate of drug-likeness (QED) is 0.942. The molecule has 2 aromatic carbocycles. The Morgan fingerprint density at radius 3 is 2.61 bits per heavy atom. The van der Waals surface area contributed by atoms with Gasteiger partial charge in [-0.15, -0.1) is 0 Å². The first kappa shape index (κ1) is 15.2. The maximum atomic E-state index is 12.0. The average molecular weight is 313 g/mol. The predicted octanol–water partition coefficient (Wildman–Crippen LogP) is 3.17. The van der Waals surface area contributed by atoms with E-state index in [9.17, 15) is 4.79 Å². The van der Waals surface area contributed by atoms with Crippen LogP contribution in [0.3, 0.4) is 0 Å². The summed E-state index contributed by atoms with van der Waals surface area (Å²) in [5.41, 5.74) is 1.81. The van der Waals surface area contributed by atoms with E-state index >= 15 is 0 Å². The molecule has 0 radical (unpaired) electrons. The van der Waals surface area contributed by atoms with Crippen molar-refractivity contribution in [2.24, 2.45) is 0 Å². The second kappa shape index (κ2) is 7.05. The molecule has 1 N–H and O–H groups in total. The molecule has 0 spiro atoms. The third-order valence-corrected chi connectivity index (χ3v) is 3.42. The zero-order valence-electron chi connectivity index (χ0n) is 13.0. The summed E-state index contributed by atoms with van der Waals surface area (Å²) in [6.45, 7) is 3.21. The summed E-state index contributed by atoms with van der Waals surface area (Å²) in [5, 5.41) is 2.79. The van der Waals surface area contributed by atoms with Gasteiger partial charge in [-0.2, -0.15) is 0 Å². The second-order valence-electron chi connectivity index (χ2n) is 5.36. The molecule has 0 aromatic heterocycles. The SMILES string of the molecule is Cc1ccc(OCC(=O)Nc2ccc3c(c2)OCCCO3)cc1. The monoisotopic (exact) mass is 313 g/mol. The van der Waals surface area contributed by atoms with Gasteiger partial charge in [0, 0.05) is 18.2 Å². The van der Waals surface area contributed by atoms with Crippen molar-refractivity contribution in [3.05, 3.63) is 48.0 Å². The predicted molar refractivity (Wildman–Crippen MR) is 87.4 cm³/mol. The van der Waals surface area contributed by atoms with E-state index < -0.39 is 0 Å². The summed E-state index contributed by atoms with van der Waals surface area (Å²) in [6.07, 6.45) is 0.848. The van der Waals surface area contributed by atoms with Crippen LogP contribution in [0.15, 0.2) is 42.5 Å². The molecule has 0 bridgehead atoms. The highest BCUT2D eigenvalue weighted by molar-refractivity contribution is 5.92. The van der Waals surface area contributed by atoms with Crippen LogP contribution < -0.4 is 19.5 Å². The summed E-state index contributed by atoms with van der Waals surface area (Å²) in [7, 11) is 0. The molecular weight excluding hydrogens is 294 g/mol. The molecule has 1 aliphatic heterocycles. The van der Waals surface area contributed by atoms with E-state index in [4.69, 9.17) is 14.2 Å². The second-order valence-corrected chi connectivity index (χ2v) is 5.36. The van der Waals surface area contributed by atoms with Crippen molar-refractivity contribution in [1.29, 1.82) is 0 Å². The maximum Gasteiger partial charge on any atom is 0.262 e. The van der Waals surface area contributed by atoms with Gasteiger partial charge in [-0.3, -0.25) is 4.79 Å². The first-order chi connectivity index (χ1) is 11.2. The fourth-order valence-electron chi connectivity index (χ4n) is 2.22. The Kier molecular flexibility index (Phi) is 4.66. The average Bonchev–Trinajstić information content (AvgIpc) is 2.79. The van der Waals surface area contributed by atoms with Gasteiger partial charge in [0.15, 0.2) is 18.1 Å². The number of aryl methyl sites for hydroxylation is 1. The number of hydrogen-bond donors (Lipinski definition) is 1. The Balaban J connectivity index is 1.57. The molecule has 0 unspecified atom stereocenters. The van der Waals surface area contributed by atoms with Crippen LogP contribution in [-0.4, -0.2) is 25.7 Å². The van der Waals surface area contributed by atoms with Crippen LogP contribution in [0, 0.1) is 6.92 Å². The molecular formula is C18H19NO4. The Morgan fingerprint density at radius 1 is 1.09 bits per heavy atom. The summed E-state index contributed by atoms with van der Waals surface area (Å²) in [4.78, 5) is 12.0. The molecule has 0 fully saturated rings. The van der Waals surface area contributed by atoms with Crippen LogP contribution in [0.5, 0.6) is 17.2 Å². The van der Waals surface area contributed by atoms with E-state index in [-0.39, 0.29) is 12.5 Å². The summed E-state index contributed by atoms with van der Waals surface area (Å²) in [6, 6.07) is 12.9. The highest BCUT2D eigenvalue weighted by Crippen LogP contribution is 2.32. The minimum atomic E-state index is -0.222. The zero-order valence-corrected chi connectivity index (χ0v) is 13.0. The topological polar surface area (TPSA) is 56.8 Å². The van der Waals surface area contributed by atoms with Gasteiger partial charge in [0.05, 0.1) is 13.2 Å². The minimum absolute atomic E-state index is 0.0441. The lowest BCUT2D eigenvalue weighted by Crippen LogP contribution is -2.20. The number of carbonyl (C=O) groups excluding carboxylic acids is 1. The van der Waals surface area contributed by atoms with Gasteiger partial charge in [-0.25, -0.2) is 0 Å². The highest BCUT2D eigenvalue weighted by Gasteiger charge is 2.12. The maximum absolute atomic E-state index is 12.0. The lowest BCUT2D eigenvalue weighted by molar-refractivity contribution is -0.118. The molecule has 0 aliphatic carbocycles. The molecule has 0 saturated heterocycles. The van der Waals surface area contributed by atoms with Crippen molar-refractivity contribution >= 4 is 11.6 Å². The minimum Gasteiger partial charge on any atom is -0.490 e. The lowest BCUT2D eigenvalue weighted by Gasteiger charge is -2.11. The first-order valence-electron chi connectivity index (χ1n) is 7.60. The van der Waals surface area contributed by atoms with Gasteiger partial charge in [-0.1, -0.05) is 17.7 Å². The van der Waals surface area contributed by atoms with E-state index in [1.54, 1.807) is 18.2 Å². The van der Waals surface area contributed by atoms with Crippen molar-refractivity contribution in [3.63, 3.8) is 0 Å². The Hall–Kier alpha value is -2.69. The largest absolute Gasteiger partial charge is 0.490 e. The number of amides is 1. The van der Waals surface area contributed by atoms with Crippen LogP contribution >= 0.6 is 0 Å². The van der Waals surface area contributed by atoms with Crippen LogP contribution in [-0.2, 0) is 4.79 Å². The smallest absolute Gasteiger partial charge is 0.262 e. The lowest BCUT2D eigenvalue weighted by atomic mass is 10.2. The van der Waals surface area contributed by atoms with Crippen LogP contribution in [0.25, 0.3) is 0 Å². The number of fused-ring (bicyclic) bond motifs is 1. The Labute approximate surface area is 135 Å². The zero-order chi connectivity index (χ0) is 16.1. The van der Waals surface area contributed by atoms with Gasteiger partial charge in [0.1, 0.15) is 5.75 Å². The molecule has 5 nitrogen and oxygen atoms in total. The molecule has 0 atom stereocenters. The van der Waals surface area contributed by atoms with Gasteiger partial charge in [0.2, 0.25) is 0 Å². The molecule has 1 aliphatic rings. The van der Waals surface area contributed by atoms with Crippen molar-refractivity contribution in [2.75, 3.05) is 25.1 Å². The molecule has 1 heterocycles. The van der Waals surface area contributed by atoms with Crippen molar-refractivity contribution < 1.29 is 19.0 Å². The number of benzene rings is 2. The van der Waals surface area contributed by atoms with Gasteiger partial charge >= 0.3 is 0 Å². The van der Waals surface area contributed by atoms with Crippen molar-refractivity contribution in [2.45, 2.75) is 13.3 Å². The van der Waals surface area contributed by atoms with E-state index in [1.165, 1.54) is 0 Å². The standard InChI is InChI=1S/C18H19NO4/c1-13-3-6-15(7-4-13)23-12-18(20)19-14-5-8-16-17(11-14)22-10-2-9-21-16/h3-8,11H,2,9-10,12H2,1H3,(H,19,20). The van der Waals surface area contributed by atoms with Gasteiger partial charge < -0.3 is 19.5 Å². The van der Waals surface area contributed by atoms with E-state index in [2.05, 4.69) is 5.32 Å². The van der Waals surface area contributed by atoms with Crippen LogP contribution in [0.2, 0.25) is 0 Å². The first-order valence-corrected chi connectivity index (χ1v) is 7.60. The van der Waals surface area contributed by atoms with Crippen molar-refractivity contribution in [1.82, 2.24) is 0 Å². The molecule has 23 heavy (non-hydrogen) atoms. The Bertz CT molecular complexity index is 682. The van der Waals surface area contributed by atoms with Gasteiger partial charge in [-0.05, 0) is 31.2 Å². The number of anilines is 1. The van der Waals surface area contributed by atoms with Crippen molar-refractivity contribution in [3.8, 4) is 17.2 Å². The van der Waals surface area contributed by atoms with E-state index in [0.717, 1.165) is 12.0 Å². The molecule has 1 amide bonds. The summed E-state index contributed by atoms with van der Waals surface area (Å²) < 4.78 is 16.6. The number of hydrogen-bond acceptors (Lipinski definition) is 4. The molecule has 0 saturated carbocycles. The molecule has 3 rings (SSSR count). The number of rotatable bonds is 4. The number of ether oxygens (including phenoxy) is 3. The number of nitrogens with one attached hydrogen (secondary N) is 1. The molecule has 2 aromatic rings. The van der Waals surface area contributed by atoms with E-state index in [1.807, 2.05) is 31.2 Å². The van der Waals surface area contributed by atoms with Crippen LogP contribution in [0.1, 0.15) is 12.0 Å². The third-order valence-electron chi connectivity index (χ3n) is 3.42. The summed E-state index contributed by atoms with van der Waals surface area (Å²) >= 11 is 0. The normalized spacial score (nSPS) is 13.1. The number of carbonyl (C=O) groups is 1. The fourth-order valence-corrected chi connectivity index (χ4v) is 2.22.